The molecule has 3 rings (SSSR count). The van der Waals surface area contributed by atoms with Gasteiger partial charge in [-0.15, -0.1) is 5.10 Å². The Labute approximate surface area is 169 Å². The molecule has 0 bridgehead atoms. The van der Waals surface area contributed by atoms with Crippen molar-refractivity contribution in [3.05, 3.63) is 36.2 Å². The van der Waals surface area contributed by atoms with Crippen molar-refractivity contribution in [2.24, 2.45) is 0 Å². The fourth-order valence-corrected chi connectivity index (χ4v) is 3.45. The van der Waals surface area contributed by atoms with E-state index in [1.165, 1.54) is 11.8 Å². The summed E-state index contributed by atoms with van der Waals surface area (Å²) in [5, 5.41) is 10.6. The molecule has 1 saturated heterocycles. The van der Waals surface area contributed by atoms with Crippen LogP contribution in [0.1, 0.15) is 26.6 Å². The minimum Gasteiger partial charge on any atom is -0.338 e. The number of aromatic nitrogens is 3. The number of anilines is 1. The maximum absolute atomic E-state index is 12.5. The van der Waals surface area contributed by atoms with Gasteiger partial charge in [-0.3, -0.25) is 9.89 Å². The number of hydrogen-bond acceptors (Lipinski definition) is 5. The van der Waals surface area contributed by atoms with E-state index in [-0.39, 0.29) is 23.1 Å². The molecule has 0 unspecified atom stereocenters. The van der Waals surface area contributed by atoms with Gasteiger partial charge in [0.15, 0.2) is 0 Å². The predicted octanol–water partition coefficient (Wildman–Crippen LogP) is 2.57. The van der Waals surface area contributed by atoms with Crippen LogP contribution >= 0.6 is 11.8 Å². The molecule has 0 spiro atoms. The number of benzene rings is 1. The van der Waals surface area contributed by atoms with Crippen LogP contribution < -0.4 is 5.32 Å². The fourth-order valence-electron chi connectivity index (χ4n) is 2.75. The Kier molecular flexibility index (Phi) is 6.23. The molecule has 2 N–H and O–H groups in total. The third kappa shape index (κ3) is 5.25. The fraction of sp³-hybridized carbons (Fsp3) is 0.474. The van der Waals surface area contributed by atoms with Crippen LogP contribution in [0.5, 0.6) is 0 Å². The third-order valence-electron chi connectivity index (χ3n) is 4.44. The zero-order chi connectivity index (χ0) is 20.1. The molecule has 28 heavy (non-hydrogen) atoms. The van der Waals surface area contributed by atoms with Gasteiger partial charge in [-0.05, 0) is 12.1 Å². The molecular formula is C19H26N6O2S. The van der Waals surface area contributed by atoms with E-state index in [4.69, 9.17) is 0 Å². The number of piperazine rings is 1. The van der Waals surface area contributed by atoms with Crippen LogP contribution in [-0.4, -0.2) is 68.9 Å². The summed E-state index contributed by atoms with van der Waals surface area (Å²) < 4.78 is 0. The summed E-state index contributed by atoms with van der Waals surface area (Å²) in [5.74, 6) is 1.13. The Morgan fingerprint density at radius 1 is 1.11 bits per heavy atom. The Morgan fingerprint density at radius 3 is 2.36 bits per heavy atom. The number of urea groups is 1. The second-order valence-electron chi connectivity index (χ2n) is 7.67. The number of hydrogen-bond donors (Lipinski definition) is 2. The highest BCUT2D eigenvalue weighted by Crippen LogP contribution is 2.21. The topological polar surface area (TPSA) is 94.2 Å². The van der Waals surface area contributed by atoms with Gasteiger partial charge in [0.25, 0.3) is 0 Å². The molecule has 1 aliphatic rings. The first-order valence-corrected chi connectivity index (χ1v) is 10.3. The van der Waals surface area contributed by atoms with Crippen LogP contribution in [0.15, 0.2) is 35.5 Å². The molecule has 0 saturated carbocycles. The Morgan fingerprint density at radius 2 is 1.75 bits per heavy atom. The van der Waals surface area contributed by atoms with Crippen LogP contribution in [-0.2, 0) is 10.2 Å². The highest BCUT2D eigenvalue weighted by molar-refractivity contribution is 7.99. The SMILES string of the molecule is CC(C)(C)c1nc(SCC(=O)N2CCN(C(=O)Nc3ccccc3)CC2)n[nH]1. The van der Waals surface area contributed by atoms with Crippen molar-refractivity contribution in [1.82, 2.24) is 25.0 Å². The lowest BCUT2D eigenvalue weighted by Crippen LogP contribution is -2.52. The molecule has 1 aromatic carbocycles. The lowest BCUT2D eigenvalue weighted by atomic mass is 9.96. The van der Waals surface area contributed by atoms with Gasteiger partial charge >= 0.3 is 6.03 Å². The first kappa shape index (κ1) is 20.2. The predicted molar refractivity (Wildman–Crippen MR) is 109 cm³/mol. The quantitative estimate of drug-likeness (QED) is 0.767. The van der Waals surface area contributed by atoms with Crippen molar-refractivity contribution < 1.29 is 9.59 Å². The molecule has 150 valence electrons. The molecule has 0 aliphatic carbocycles. The van der Waals surface area contributed by atoms with E-state index in [0.29, 0.717) is 31.3 Å². The number of amides is 3. The second kappa shape index (κ2) is 8.64. The van der Waals surface area contributed by atoms with Crippen molar-refractivity contribution in [3.63, 3.8) is 0 Å². The summed E-state index contributed by atoms with van der Waals surface area (Å²) in [6.45, 7) is 8.26. The summed E-state index contributed by atoms with van der Waals surface area (Å²) in [6.07, 6.45) is 0. The van der Waals surface area contributed by atoms with Crippen molar-refractivity contribution in [1.29, 1.82) is 0 Å². The number of para-hydroxylation sites is 1. The van der Waals surface area contributed by atoms with Gasteiger partial charge in [-0.25, -0.2) is 9.78 Å². The number of nitrogens with zero attached hydrogens (tertiary/aromatic N) is 4. The number of carbonyl (C=O) groups is 2. The molecule has 0 atom stereocenters. The first-order chi connectivity index (χ1) is 13.3. The average molecular weight is 403 g/mol. The van der Waals surface area contributed by atoms with Gasteiger partial charge in [0.1, 0.15) is 5.82 Å². The normalized spacial score (nSPS) is 14.8. The van der Waals surface area contributed by atoms with E-state index in [9.17, 15) is 9.59 Å². The maximum Gasteiger partial charge on any atom is 0.321 e. The standard InChI is InChI=1S/C19H26N6O2S/c1-19(2,3)16-21-17(23-22-16)28-13-15(26)24-9-11-25(12-10-24)18(27)20-14-7-5-4-6-8-14/h4-8H,9-13H2,1-3H3,(H,20,27)(H,21,22,23). The largest absolute Gasteiger partial charge is 0.338 e. The lowest BCUT2D eigenvalue weighted by Gasteiger charge is -2.34. The Bertz CT molecular complexity index is 809. The number of H-pyrrole nitrogens is 1. The smallest absolute Gasteiger partial charge is 0.321 e. The second-order valence-corrected chi connectivity index (χ2v) is 8.61. The molecule has 1 fully saturated rings. The van der Waals surface area contributed by atoms with Crippen LogP contribution in [0.3, 0.4) is 0 Å². The summed E-state index contributed by atoms with van der Waals surface area (Å²) in [4.78, 5) is 32.7. The lowest BCUT2D eigenvalue weighted by molar-refractivity contribution is -0.129. The van der Waals surface area contributed by atoms with Crippen molar-refractivity contribution in [2.45, 2.75) is 31.3 Å². The van der Waals surface area contributed by atoms with Gasteiger partial charge in [0.2, 0.25) is 11.1 Å². The molecule has 1 aliphatic heterocycles. The van der Waals surface area contributed by atoms with E-state index in [0.717, 1.165) is 11.5 Å². The number of aromatic amines is 1. The van der Waals surface area contributed by atoms with E-state index < -0.39 is 0 Å². The van der Waals surface area contributed by atoms with Crippen molar-refractivity contribution in [3.8, 4) is 0 Å². The molecule has 8 nitrogen and oxygen atoms in total. The van der Waals surface area contributed by atoms with Gasteiger partial charge < -0.3 is 15.1 Å². The summed E-state index contributed by atoms with van der Waals surface area (Å²) in [7, 11) is 0. The van der Waals surface area contributed by atoms with Gasteiger partial charge in [-0.2, -0.15) is 0 Å². The zero-order valence-corrected chi connectivity index (χ0v) is 17.3. The summed E-state index contributed by atoms with van der Waals surface area (Å²) >= 11 is 1.33. The first-order valence-electron chi connectivity index (χ1n) is 9.27. The molecular weight excluding hydrogens is 376 g/mol. The monoisotopic (exact) mass is 402 g/mol. The summed E-state index contributed by atoms with van der Waals surface area (Å²) in [5.41, 5.74) is 0.662. The minimum atomic E-state index is -0.136. The Hall–Kier alpha value is -2.55. The molecule has 9 heteroatoms. The molecule has 2 heterocycles. The molecule has 0 radical (unpaired) electrons. The molecule has 2 aromatic rings. The van der Waals surface area contributed by atoms with Gasteiger partial charge in [0, 0.05) is 37.3 Å². The van der Waals surface area contributed by atoms with Crippen LogP contribution in [0.25, 0.3) is 0 Å². The van der Waals surface area contributed by atoms with Crippen molar-refractivity contribution >= 4 is 29.4 Å². The number of nitrogens with one attached hydrogen (secondary N) is 2. The third-order valence-corrected chi connectivity index (χ3v) is 5.28. The van der Waals surface area contributed by atoms with Crippen LogP contribution in [0, 0.1) is 0 Å². The van der Waals surface area contributed by atoms with Crippen LogP contribution in [0.4, 0.5) is 10.5 Å². The van der Waals surface area contributed by atoms with E-state index in [2.05, 4.69) is 41.3 Å². The Balaban J connectivity index is 1.43. The molecule has 1 aromatic heterocycles. The average Bonchev–Trinajstić information content (AvgIpc) is 3.16. The van der Waals surface area contributed by atoms with E-state index in [1.54, 1.807) is 9.80 Å². The number of carbonyl (C=O) groups excluding carboxylic acids is 2. The van der Waals surface area contributed by atoms with Crippen molar-refractivity contribution in [2.75, 3.05) is 37.2 Å². The minimum absolute atomic E-state index is 0.0372. The zero-order valence-electron chi connectivity index (χ0n) is 16.4. The maximum atomic E-state index is 12.5. The number of rotatable bonds is 4. The van der Waals surface area contributed by atoms with Gasteiger partial charge in [-0.1, -0.05) is 50.7 Å². The number of thioether (sulfide) groups is 1. The molecule has 3 amide bonds. The highest BCUT2D eigenvalue weighted by Gasteiger charge is 2.25. The van der Waals surface area contributed by atoms with Crippen LogP contribution in [0.2, 0.25) is 0 Å². The summed E-state index contributed by atoms with van der Waals surface area (Å²) in [6, 6.07) is 9.22. The van der Waals surface area contributed by atoms with Gasteiger partial charge in [0.05, 0.1) is 5.75 Å². The van der Waals surface area contributed by atoms with E-state index >= 15 is 0 Å². The van der Waals surface area contributed by atoms with E-state index in [1.807, 2.05) is 30.3 Å². The highest BCUT2D eigenvalue weighted by atomic mass is 32.2.